The summed E-state index contributed by atoms with van der Waals surface area (Å²) in [5.41, 5.74) is 6.60. The zero-order chi connectivity index (χ0) is 20.7. The lowest BCUT2D eigenvalue weighted by Gasteiger charge is -2.19. The molecule has 0 bridgehead atoms. The van der Waals surface area contributed by atoms with E-state index in [1.165, 1.54) is 0 Å². The molecule has 0 unspecified atom stereocenters. The first kappa shape index (κ1) is 21.4. The minimum Gasteiger partial charge on any atom is -0.351 e. The fourth-order valence-corrected chi connectivity index (χ4v) is 2.63. The van der Waals surface area contributed by atoms with Crippen LogP contribution in [0.5, 0.6) is 0 Å². The molecule has 2 aromatic rings. The number of halogens is 1. The van der Waals surface area contributed by atoms with Gasteiger partial charge < -0.3 is 5.32 Å². The molecule has 0 fully saturated rings. The van der Waals surface area contributed by atoms with Crippen molar-refractivity contribution in [1.82, 2.24) is 16.2 Å². The second-order valence-corrected chi connectivity index (χ2v) is 7.72. The van der Waals surface area contributed by atoms with Crippen LogP contribution in [0.3, 0.4) is 0 Å². The monoisotopic (exact) mass is 401 g/mol. The molecule has 2 rings (SSSR count). The van der Waals surface area contributed by atoms with E-state index in [0.717, 1.165) is 5.56 Å². The van der Waals surface area contributed by atoms with Gasteiger partial charge in [0.15, 0.2) is 0 Å². The van der Waals surface area contributed by atoms with Gasteiger partial charge in [0, 0.05) is 18.5 Å². The Morgan fingerprint density at radius 1 is 0.893 bits per heavy atom. The first-order valence-corrected chi connectivity index (χ1v) is 9.29. The zero-order valence-corrected chi connectivity index (χ0v) is 16.9. The molecule has 2 aromatic carbocycles. The van der Waals surface area contributed by atoms with Gasteiger partial charge in [-0.05, 0) is 35.2 Å². The summed E-state index contributed by atoms with van der Waals surface area (Å²) in [6.07, 6.45) is 0.0133. The quantitative estimate of drug-likeness (QED) is 0.672. The summed E-state index contributed by atoms with van der Waals surface area (Å²) in [7, 11) is 0. The van der Waals surface area contributed by atoms with Crippen molar-refractivity contribution in [3.05, 3.63) is 70.2 Å². The molecule has 0 aliphatic rings. The highest BCUT2D eigenvalue weighted by Crippen LogP contribution is 2.22. The molecule has 0 atom stereocenters. The van der Waals surface area contributed by atoms with E-state index in [1.54, 1.807) is 36.4 Å². The fourth-order valence-electron chi connectivity index (χ4n) is 2.41. The number of carbonyl (C=O) groups excluding carboxylic acids is 3. The van der Waals surface area contributed by atoms with Gasteiger partial charge in [0.25, 0.3) is 11.8 Å². The highest BCUT2D eigenvalue weighted by molar-refractivity contribution is 6.33. The summed E-state index contributed by atoms with van der Waals surface area (Å²) in [4.78, 5) is 35.9. The molecular weight excluding hydrogens is 378 g/mol. The van der Waals surface area contributed by atoms with E-state index in [2.05, 4.69) is 36.9 Å². The lowest BCUT2D eigenvalue weighted by Crippen LogP contribution is -2.42. The van der Waals surface area contributed by atoms with E-state index >= 15 is 0 Å². The Balaban J connectivity index is 1.75. The molecular formula is C21H24ClN3O3. The third kappa shape index (κ3) is 6.09. The molecule has 0 aliphatic heterocycles. The highest BCUT2D eigenvalue weighted by Gasteiger charge is 2.15. The maximum absolute atomic E-state index is 12.1. The van der Waals surface area contributed by atoms with Gasteiger partial charge in [-0.2, -0.15) is 0 Å². The van der Waals surface area contributed by atoms with Crippen molar-refractivity contribution in [3.8, 4) is 0 Å². The molecule has 3 amide bonds. The summed E-state index contributed by atoms with van der Waals surface area (Å²) in [5.74, 6) is -1.19. The van der Waals surface area contributed by atoms with Gasteiger partial charge in [-0.3, -0.25) is 25.2 Å². The summed E-state index contributed by atoms with van der Waals surface area (Å²) in [6.45, 7) is 6.39. The van der Waals surface area contributed by atoms with Crippen molar-refractivity contribution in [2.24, 2.45) is 0 Å². The molecule has 148 valence electrons. The Labute approximate surface area is 169 Å². The van der Waals surface area contributed by atoms with Crippen LogP contribution in [-0.2, 0) is 10.2 Å². The Morgan fingerprint density at radius 2 is 1.54 bits per heavy atom. The van der Waals surface area contributed by atoms with Crippen molar-refractivity contribution in [2.75, 3.05) is 6.54 Å². The Morgan fingerprint density at radius 3 is 2.14 bits per heavy atom. The van der Waals surface area contributed by atoms with Crippen LogP contribution in [0.25, 0.3) is 0 Å². The molecule has 0 heterocycles. The molecule has 6 nitrogen and oxygen atoms in total. The van der Waals surface area contributed by atoms with Gasteiger partial charge in [-0.1, -0.05) is 56.6 Å². The van der Waals surface area contributed by atoms with Crippen molar-refractivity contribution < 1.29 is 14.4 Å². The third-order valence-corrected chi connectivity index (χ3v) is 4.41. The number of nitrogens with one attached hydrogen (secondary N) is 3. The van der Waals surface area contributed by atoms with E-state index in [-0.39, 0.29) is 24.3 Å². The van der Waals surface area contributed by atoms with E-state index in [9.17, 15) is 14.4 Å². The Kier molecular flexibility index (Phi) is 7.18. The predicted octanol–water partition coefficient (Wildman–Crippen LogP) is 3.22. The van der Waals surface area contributed by atoms with Crippen molar-refractivity contribution >= 4 is 29.3 Å². The zero-order valence-electron chi connectivity index (χ0n) is 16.1. The number of benzene rings is 2. The van der Waals surface area contributed by atoms with Crippen LogP contribution in [0.15, 0.2) is 48.5 Å². The summed E-state index contributed by atoms with van der Waals surface area (Å²) >= 11 is 5.95. The third-order valence-electron chi connectivity index (χ3n) is 4.08. The standard InChI is InChI=1S/C21H24ClN3O3/c1-21(2,3)15-10-8-14(9-11-15)19(27)25-24-18(26)12-13-23-20(28)16-6-4-5-7-17(16)22/h4-11H,12-13H2,1-3H3,(H,23,28)(H,24,26)(H,25,27). The van der Waals surface area contributed by atoms with Crippen LogP contribution in [-0.4, -0.2) is 24.3 Å². The van der Waals surface area contributed by atoms with Gasteiger partial charge in [0.05, 0.1) is 10.6 Å². The number of hydrogen-bond donors (Lipinski definition) is 3. The van der Waals surface area contributed by atoms with Gasteiger partial charge in [0.2, 0.25) is 5.91 Å². The predicted molar refractivity (Wildman–Crippen MR) is 109 cm³/mol. The fraction of sp³-hybridized carbons (Fsp3) is 0.286. The van der Waals surface area contributed by atoms with Crippen LogP contribution in [0.1, 0.15) is 53.5 Å². The SMILES string of the molecule is CC(C)(C)c1ccc(C(=O)NNC(=O)CCNC(=O)c2ccccc2Cl)cc1. The van der Waals surface area contributed by atoms with Crippen LogP contribution < -0.4 is 16.2 Å². The Bertz CT molecular complexity index is 858. The smallest absolute Gasteiger partial charge is 0.269 e. The number of carbonyl (C=O) groups is 3. The maximum Gasteiger partial charge on any atom is 0.269 e. The maximum atomic E-state index is 12.1. The van der Waals surface area contributed by atoms with Gasteiger partial charge in [-0.15, -0.1) is 0 Å². The minimum absolute atomic E-state index is 0.00235. The first-order chi connectivity index (χ1) is 13.2. The molecule has 0 aliphatic carbocycles. The van der Waals surface area contributed by atoms with E-state index < -0.39 is 11.8 Å². The van der Waals surface area contributed by atoms with E-state index in [4.69, 9.17) is 11.6 Å². The molecule has 0 saturated heterocycles. The molecule has 0 spiro atoms. The molecule has 0 saturated carbocycles. The van der Waals surface area contributed by atoms with Gasteiger partial charge in [-0.25, -0.2) is 0 Å². The summed E-state index contributed by atoms with van der Waals surface area (Å²) < 4.78 is 0. The Hall–Kier alpha value is -2.86. The van der Waals surface area contributed by atoms with Crippen LogP contribution >= 0.6 is 11.6 Å². The highest BCUT2D eigenvalue weighted by atomic mass is 35.5. The number of rotatable bonds is 5. The topological polar surface area (TPSA) is 87.3 Å². The van der Waals surface area contributed by atoms with Crippen LogP contribution in [0.2, 0.25) is 5.02 Å². The van der Waals surface area contributed by atoms with Gasteiger partial charge >= 0.3 is 0 Å². The van der Waals surface area contributed by atoms with Gasteiger partial charge in [0.1, 0.15) is 0 Å². The molecule has 28 heavy (non-hydrogen) atoms. The molecule has 0 radical (unpaired) electrons. The van der Waals surface area contributed by atoms with Crippen molar-refractivity contribution in [1.29, 1.82) is 0 Å². The van der Waals surface area contributed by atoms with Crippen molar-refractivity contribution in [3.63, 3.8) is 0 Å². The minimum atomic E-state index is -0.417. The lowest BCUT2D eigenvalue weighted by atomic mass is 9.87. The molecule has 0 aromatic heterocycles. The second-order valence-electron chi connectivity index (χ2n) is 7.32. The number of hydrazine groups is 1. The van der Waals surface area contributed by atoms with E-state index in [0.29, 0.717) is 16.1 Å². The first-order valence-electron chi connectivity index (χ1n) is 8.91. The van der Waals surface area contributed by atoms with Crippen LogP contribution in [0.4, 0.5) is 0 Å². The largest absolute Gasteiger partial charge is 0.351 e. The normalized spacial score (nSPS) is 10.9. The average molecular weight is 402 g/mol. The van der Waals surface area contributed by atoms with Crippen LogP contribution in [0, 0.1) is 0 Å². The summed E-state index contributed by atoms with van der Waals surface area (Å²) in [6, 6.07) is 13.9. The molecule has 3 N–H and O–H groups in total. The van der Waals surface area contributed by atoms with Crippen molar-refractivity contribution in [2.45, 2.75) is 32.6 Å². The summed E-state index contributed by atoms with van der Waals surface area (Å²) in [5, 5.41) is 2.96. The number of hydrogen-bond acceptors (Lipinski definition) is 3. The van der Waals surface area contributed by atoms with E-state index in [1.807, 2.05) is 12.1 Å². The molecule has 7 heteroatoms. The second kappa shape index (κ2) is 9.37. The number of amides is 3. The lowest BCUT2D eigenvalue weighted by molar-refractivity contribution is -0.121. The average Bonchev–Trinajstić information content (AvgIpc) is 2.65.